The van der Waals surface area contributed by atoms with Gasteiger partial charge in [-0.15, -0.1) is 0 Å². The number of rotatable bonds is 5. The molecular weight excluding hydrogens is 635 g/mol. The van der Waals surface area contributed by atoms with E-state index in [1.807, 2.05) is 6.07 Å². The lowest BCUT2D eigenvalue weighted by atomic mass is 9.70. The van der Waals surface area contributed by atoms with Gasteiger partial charge in [0.1, 0.15) is 11.9 Å². The van der Waals surface area contributed by atoms with Gasteiger partial charge in [-0.05, 0) is 65.9 Å². The highest BCUT2D eigenvalue weighted by molar-refractivity contribution is 6.20. The second-order valence-electron chi connectivity index (χ2n) is 14.3. The van der Waals surface area contributed by atoms with Crippen molar-refractivity contribution in [3.05, 3.63) is 98.5 Å². The van der Waals surface area contributed by atoms with Gasteiger partial charge in [0, 0.05) is 90.1 Å². The molecule has 0 spiro atoms. The van der Waals surface area contributed by atoms with Crippen LogP contribution in [0, 0.1) is 17.1 Å². The molecule has 11 heteroatoms. The summed E-state index contributed by atoms with van der Waals surface area (Å²) >= 11 is 0. The number of H-pyrrole nitrogens is 1. The molecular formula is C39H37FN6O4. The number of nitriles is 1. The molecule has 3 aromatic carbocycles. The standard InChI is InChI=1S/C39H37FN6O4/c1-4-22-15-27-28(39(2,3)36-34(35(27)48)25-6-5-21(18-41)13-30(25)42-36)17-32(22)45-11-9-44(10-12-45)19-24-14-23-20-46(38(50)26(23)16-29(24)40)31-7-8-33(47)43-37(31)49/h5-6,13-17,31,42H,4,7-12,19-20H2,1-3H3,(H,43,47,49). The maximum atomic E-state index is 15.4. The molecule has 8 rings (SSSR count). The summed E-state index contributed by atoms with van der Waals surface area (Å²) in [6.07, 6.45) is 1.19. The summed E-state index contributed by atoms with van der Waals surface area (Å²) in [5.41, 5.74) is 7.75. The van der Waals surface area contributed by atoms with Gasteiger partial charge < -0.3 is 14.8 Å². The molecule has 4 heterocycles. The molecule has 4 aliphatic rings. The van der Waals surface area contributed by atoms with Gasteiger partial charge >= 0.3 is 0 Å². The fourth-order valence-corrected chi connectivity index (χ4v) is 8.31. The van der Waals surface area contributed by atoms with Gasteiger partial charge in [-0.3, -0.25) is 29.4 Å². The number of piperazine rings is 1. The Balaban J connectivity index is 1.00. The number of carbonyl (C=O) groups excluding carboxylic acids is 4. The highest BCUT2D eigenvalue weighted by Gasteiger charge is 2.42. The first kappa shape index (κ1) is 31.9. The second kappa shape index (κ2) is 11.6. The molecule has 0 radical (unpaired) electrons. The van der Waals surface area contributed by atoms with Crippen LogP contribution in [0.3, 0.4) is 0 Å². The Labute approximate surface area is 288 Å². The summed E-state index contributed by atoms with van der Waals surface area (Å²) < 4.78 is 15.4. The summed E-state index contributed by atoms with van der Waals surface area (Å²) in [4.78, 5) is 60.7. The average Bonchev–Trinajstić information content (AvgIpc) is 3.65. The summed E-state index contributed by atoms with van der Waals surface area (Å²) in [5.74, 6) is -1.67. The Morgan fingerprint density at radius 1 is 0.980 bits per heavy atom. The van der Waals surface area contributed by atoms with E-state index in [0.717, 1.165) is 52.9 Å². The topological polar surface area (TPSA) is 130 Å². The molecule has 0 saturated carbocycles. The number of aryl methyl sites for hydroxylation is 1. The molecule has 1 atom stereocenters. The van der Waals surface area contributed by atoms with E-state index in [4.69, 9.17) is 0 Å². The summed E-state index contributed by atoms with van der Waals surface area (Å²) in [7, 11) is 0. The average molecular weight is 673 g/mol. The smallest absolute Gasteiger partial charge is 0.255 e. The molecule has 3 aliphatic heterocycles. The van der Waals surface area contributed by atoms with Crippen LogP contribution in [-0.2, 0) is 34.5 Å². The molecule has 1 aliphatic carbocycles. The van der Waals surface area contributed by atoms with Crippen molar-refractivity contribution in [1.29, 1.82) is 5.26 Å². The first-order chi connectivity index (χ1) is 24.0. The van der Waals surface area contributed by atoms with Crippen molar-refractivity contribution < 1.29 is 23.6 Å². The van der Waals surface area contributed by atoms with Gasteiger partial charge in [-0.25, -0.2) is 4.39 Å². The number of aromatic amines is 1. The van der Waals surface area contributed by atoms with Gasteiger partial charge in [0.15, 0.2) is 5.78 Å². The van der Waals surface area contributed by atoms with Crippen LogP contribution < -0.4 is 10.2 Å². The number of benzene rings is 3. The van der Waals surface area contributed by atoms with Crippen LogP contribution in [0.15, 0.2) is 42.5 Å². The Bertz CT molecular complexity index is 2210. The van der Waals surface area contributed by atoms with Crippen molar-refractivity contribution in [2.75, 3.05) is 31.1 Å². The molecule has 2 saturated heterocycles. The molecule has 3 amide bonds. The van der Waals surface area contributed by atoms with E-state index in [1.54, 1.807) is 18.2 Å². The summed E-state index contributed by atoms with van der Waals surface area (Å²) in [6.45, 7) is 9.82. The molecule has 0 bridgehead atoms. The summed E-state index contributed by atoms with van der Waals surface area (Å²) in [6, 6.07) is 14.1. The van der Waals surface area contributed by atoms with Crippen LogP contribution in [-0.4, -0.2) is 70.5 Å². The third-order valence-corrected chi connectivity index (χ3v) is 11.1. The number of carbonyl (C=O) groups is 4. The van der Waals surface area contributed by atoms with Gasteiger partial charge in [0.25, 0.3) is 5.91 Å². The maximum Gasteiger partial charge on any atom is 0.255 e. The zero-order valence-corrected chi connectivity index (χ0v) is 28.3. The van der Waals surface area contributed by atoms with Gasteiger partial charge in [0.05, 0.1) is 17.2 Å². The van der Waals surface area contributed by atoms with Crippen molar-refractivity contribution in [3.63, 3.8) is 0 Å². The van der Waals surface area contributed by atoms with Crippen molar-refractivity contribution in [2.24, 2.45) is 0 Å². The molecule has 1 unspecified atom stereocenters. The highest BCUT2D eigenvalue weighted by Crippen LogP contribution is 2.46. The molecule has 50 heavy (non-hydrogen) atoms. The minimum absolute atomic E-state index is 0.00495. The van der Waals surface area contributed by atoms with E-state index in [-0.39, 0.29) is 42.5 Å². The van der Waals surface area contributed by atoms with Crippen LogP contribution in [0.5, 0.6) is 0 Å². The van der Waals surface area contributed by atoms with E-state index in [9.17, 15) is 24.4 Å². The van der Waals surface area contributed by atoms with E-state index < -0.39 is 23.2 Å². The van der Waals surface area contributed by atoms with Gasteiger partial charge in [-0.1, -0.05) is 26.8 Å². The Morgan fingerprint density at radius 2 is 1.76 bits per heavy atom. The number of nitrogens with one attached hydrogen (secondary N) is 2. The number of imide groups is 1. The van der Waals surface area contributed by atoms with Crippen molar-refractivity contribution in [3.8, 4) is 6.07 Å². The van der Waals surface area contributed by atoms with Crippen molar-refractivity contribution in [2.45, 2.75) is 64.6 Å². The molecule has 4 aromatic rings. The van der Waals surface area contributed by atoms with E-state index in [2.05, 4.69) is 59.1 Å². The predicted octanol–water partition coefficient (Wildman–Crippen LogP) is 4.69. The highest BCUT2D eigenvalue weighted by atomic mass is 19.1. The maximum absolute atomic E-state index is 15.4. The predicted molar refractivity (Wildman–Crippen MR) is 184 cm³/mol. The lowest BCUT2D eigenvalue weighted by Crippen LogP contribution is -2.52. The fraction of sp³-hybridized carbons (Fsp3) is 0.359. The number of amides is 3. The summed E-state index contributed by atoms with van der Waals surface area (Å²) in [5, 5.41) is 12.6. The van der Waals surface area contributed by atoms with Crippen LogP contribution in [0.2, 0.25) is 0 Å². The molecule has 2 fully saturated rings. The van der Waals surface area contributed by atoms with E-state index in [0.29, 0.717) is 47.5 Å². The zero-order valence-electron chi connectivity index (χ0n) is 28.3. The van der Waals surface area contributed by atoms with Gasteiger partial charge in [0.2, 0.25) is 11.8 Å². The minimum Gasteiger partial charge on any atom is -0.369 e. The lowest BCUT2D eigenvalue weighted by molar-refractivity contribution is -0.136. The van der Waals surface area contributed by atoms with Gasteiger partial charge in [-0.2, -0.15) is 5.26 Å². The Kier molecular flexibility index (Phi) is 7.42. The van der Waals surface area contributed by atoms with Crippen LogP contribution in [0.4, 0.5) is 10.1 Å². The quantitative estimate of drug-likeness (QED) is 0.294. The number of fused-ring (bicyclic) bond motifs is 5. The largest absolute Gasteiger partial charge is 0.369 e. The lowest BCUT2D eigenvalue weighted by Gasteiger charge is -2.39. The Morgan fingerprint density at radius 3 is 2.48 bits per heavy atom. The first-order valence-electron chi connectivity index (χ1n) is 17.2. The molecule has 254 valence electrons. The third kappa shape index (κ3) is 4.92. The molecule has 10 nitrogen and oxygen atoms in total. The molecule has 1 aromatic heterocycles. The Hall–Kier alpha value is -5.34. The number of hydrogen-bond acceptors (Lipinski definition) is 7. The van der Waals surface area contributed by atoms with Crippen LogP contribution in [0.25, 0.3) is 10.9 Å². The normalized spacial score (nSPS) is 20.1. The number of hydrogen-bond donors (Lipinski definition) is 2. The van der Waals surface area contributed by atoms with E-state index >= 15 is 4.39 Å². The number of aromatic nitrogens is 1. The zero-order chi connectivity index (χ0) is 35.1. The second-order valence-corrected chi connectivity index (χ2v) is 14.3. The number of nitrogens with zero attached hydrogens (tertiary/aromatic N) is 4. The number of anilines is 1. The number of halogens is 1. The third-order valence-electron chi connectivity index (χ3n) is 11.1. The SMILES string of the molecule is CCc1cc2c(cc1N1CCN(Cc3cc4c(cc3F)C(=O)N(C3CCC(=O)NC3=O)C4)CC1)C(C)(C)c1[nH]c3cc(C#N)ccc3c1C2=O. The van der Waals surface area contributed by atoms with Crippen LogP contribution >= 0.6 is 0 Å². The minimum atomic E-state index is -0.741. The fourth-order valence-electron chi connectivity index (χ4n) is 8.31. The number of piperidine rings is 1. The molecule has 2 N–H and O–H groups in total. The van der Waals surface area contributed by atoms with Crippen LogP contribution in [0.1, 0.15) is 93.4 Å². The van der Waals surface area contributed by atoms with Crippen molar-refractivity contribution in [1.82, 2.24) is 20.1 Å². The van der Waals surface area contributed by atoms with E-state index in [1.165, 1.54) is 11.0 Å². The first-order valence-corrected chi connectivity index (χ1v) is 17.2. The van der Waals surface area contributed by atoms with Crippen molar-refractivity contribution >= 4 is 40.1 Å². The number of ketones is 1. The monoisotopic (exact) mass is 672 g/mol.